The molecule has 0 atom stereocenters. The summed E-state index contributed by atoms with van der Waals surface area (Å²) in [6.07, 6.45) is 0. The Morgan fingerprint density at radius 2 is 0.731 bits per heavy atom. The van der Waals surface area contributed by atoms with E-state index in [1.165, 1.54) is 0 Å². The van der Waals surface area contributed by atoms with Crippen LogP contribution < -0.4 is 0 Å². The first kappa shape index (κ1) is 30.1. The molecule has 0 rings (SSSR count). The van der Waals surface area contributed by atoms with Crippen molar-refractivity contribution < 1.29 is 39.6 Å². The predicted octanol–water partition coefficient (Wildman–Crippen LogP) is -0.498. The topological polar surface area (TPSA) is 156 Å². The number of carbonyl (C=O) groups is 4. The number of carboxylic acids is 4. The molecule has 12 heteroatoms. The van der Waals surface area contributed by atoms with Gasteiger partial charge in [0, 0.05) is 13.1 Å². The monoisotopic (exact) mass is 592 g/mol. The SMILES string of the molecule is O=C(O)CN(CCN(CC(=O)O)CC(=O)O)CC(=O)O.[CH3][Sn][CH3].[CH3][Sn][CH3]. The van der Waals surface area contributed by atoms with Crippen molar-refractivity contribution >= 4 is 66.2 Å². The molecule has 0 saturated carbocycles. The second-order valence-electron chi connectivity index (χ2n) is 5.00. The van der Waals surface area contributed by atoms with E-state index in [1.54, 1.807) is 0 Å². The van der Waals surface area contributed by atoms with Crippen molar-refractivity contribution in [1.82, 2.24) is 9.80 Å². The molecule has 0 heterocycles. The van der Waals surface area contributed by atoms with E-state index in [4.69, 9.17) is 20.4 Å². The average Bonchev–Trinajstić information content (AvgIpc) is 2.43. The molecule has 150 valence electrons. The summed E-state index contributed by atoms with van der Waals surface area (Å²) in [5.41, 5.74) is 0. The third kappa shape index (κ3) is 28.2. The van der Waals surface area contributed by atoms with E-state index in [2.05, 4.69) is 19.8 Å². The van der Waals surface area contributed by atoms with E-state index < -0.39 is 50.1 Å². The summed E-state index contributed by atoms with van der Waals surface area (Å²) in [4.78, 5) is 53.5. The van der Waals surface area contributed by atoms with E-state index in [0.29, 0.717) is 0 Å². The summed E-state index contributed by atoms with van der Waals surface area (Å²) in [7, 11) is 0. The molecule has 0 aliphatic heterocycles. The molecule has 0 aliphatic rings. The Hall–Kier alpha value is -0.603. The van der Waals surface area contributed by atoms with E-state index >= 15 is 0 Å². The third-order valence-electron chi connectivity index (χ3n) is 2.17. The first-order valence-corrected chi connectivity index (χ1v) is 18.9. The first-order chi connectivity index (χ1) is 12.0. The molecular formula is C14H28N2O8Sn2. The molecule has 0 aromatic heterocycles. The van der Waals surface area contributed by atoms with Gasteiger partial charge in [0.25, 0.3) is 0 Å². The van der Waals surface area contributed by atoms with Crippen LogP contribution in [0.3, 0.4) is 0 Å². The summed E-state index contributed by atoms with van der Waals surface area (Å²) < 4.78 is 0. The molecule has 0 bridgehead atoms. The molecule has 0 aliphatic carbocycles. The zero-order valence-electron chi connectivity index (χ0n) is 15.6. The summed E-state index contributed by atoms with van der Waals surface area (Å²) in [5, 5.41) is 34.5. The van der Waals surface area contributed by atoms with Crippen LogP contribution in [-0.2, 0) is 19.2 Å². The normalized spacial score (nSPS) is 9.62. The maximum atomic E-state index is 10.6. The van der Waals surface area contributed by atoms with Gasteiger partial charge in [0.1, 0.15) is 0 Å². The van der Waals surface area contributed by atoms with Gasteiger partial charge in [-0.15, -0.1) is 0 Å². The quantitative estimate of drug-likeness (QED) is 0.232. The zero-order valence-corrected chi connectivity index (χ0v) is 21.3. The Morgan fingerprint density at radius 1 is 0.577 bits per heavy atom. The number of aliphatic carboxylic acids is 4. The summed E-state index contributed by atoms with van der Waals surface area (Å²) in [5.74, 6) is -4.91. The number of carboxylic acid groups (broad SMARTS) is 4. The van der Waals surface area contributed by atoms with Crippen LogP contribution in [0.15, 0.2) is 0 Å². The molecule has 4 N–H and O–H groups in total. The molecule has 0 fully saturated rings. The minimum atomic E-state index is -1.23. The van der Waals surface area contributed by atoms with Crippen molar-refractivity contribution in [2.75, 3.05) is 39.3 Å². The molecular weight excluding hydrogens is 562 g/mol. The molecule has 0 spiro atoms. The third-order valence-corrected chi connectivity index (χ3v) is 2.17. The van der Waals surface area contributed by atoms with Crippen molar-refractivity contribution in [2.24, 2.45) is 0 Å². The van der Waals surface area contributed by atoms with E-state index in [-0.39, 0.29) is 55.4 Å². The van der Waals surface area contributed by atoms with Crippen LogP contribution in [0.5, 0.6) is 0 Å². The van der Waals surface area contributed by atoms with Crippen LogP contribution >= 0.6 is 0 Å². The molecule has 0 saturated heterocycles. The molecule has 0 aromatic rings. The van der Waals surface area contributed by atoms with Gasteiger partial charge in [0.15, 0.2) is 0 Å². The van der Waals surface area contributed by atoms with Gasteiger partial charge in [-0.2, -0.15) is 0 Å². The van der Waals surface area contributed by atoms with Crippen molar-refractivity contribution in [3.8, 4) is 0 Å². The van der Waals surface area contributed by atoms with Gasteiger partial charge in [-0.3, -0.25) is 29.0 Å². The minimum absolute atomic E-state index is 0.0703. The van der Waals surface area contributed by atoms with Crippen LogP contribution in [0.4, 0.5) is 0 Å². The molecule has 0 aromatic carbocycles. The summed E-state index contributed by atoms with van der Waals surface area (Å²) in [6, 6.07) is 0. The second-order valence-corrected chi connectivity index (χ2v) is 10.7. The van der Waals surface area contributed by atoms with Gasteiger partial charge < -0.3 is 20.4 Å². The van der Waals surface area contributed by atoms with Gasteiger partial charge in [-0.25, -0.2) is 0 Å². The fourth-order valence-electron chi connectivity index (χ4n) is 1.48. The Bertz CT molecular complexity index is 354. The van der Waals surface area contributed by atoms with E-state index in [0.717, 1.165) is 9.80 Å². The van der Waals surface area contributed by atoms with Gasteiger partial charge in [-0.1, -0.05) is 0 Å². The van der Waals surface area contributed by atoms with Gasteiger partial charge >= 0.3 is 85.9 Å². The Labute approximate surface area is 174 Å². The van der Waals surface area contributed by atoms with E-state index in [9.17, 15) is 19.2 Å². The van der Waals surface area contributed by atoms with Gasteiger partial charge in [-0.05, 0) is 0 Å². The van der Waals surface area contributed by atoms with Crippen LogP contribution in [0.25, 0.3) is 0 Å². The first-order valence-electron chi connectivity index (χ1n) is 7.52. The van der Waals surface area contributed by atoms with Crippen LogP contribution in [-0.4, -0.2) is 136 Å². The van der Waals surface area contributed by atoms with Crippen LogP contribution in [0, 0.1) is 0 Å². The van der Waals surface area contributed by atoms with Crippen molar-refractivity contribution in [1.29, 1.82) is 0 Å². The predicted molar refractivity (Wildman–Crippen MR) is 98.4 cm³/mol. The second kappa shape index (κ2) is 20.7. The standard InChI is InChI=1S/C10H16N2O8.4CH3.2Sn/c13-7(14)3-11(4-8(15)16)1-2-12(5-9(17)18)6-10(19)20;;;;;;/h1-6H2,(H,13,14)(H,15,16)(H,17,18)(H,19,20);4*1H3;;. The van der Waals surface area contributed by atoms with Crippen molar-refractivity contribution in [2.45, 2.75) is 19.8 Å². The van der Waals surface area contributed by atoms with Crippen molar-refractivity contribution in [3.05, 3.63) is 0 Å². The number of nitrogens with zero attached hydrogens (tertiary/aromatic N) is 2. The average molecular weight is 590 g/mol. The number of rotatable bonds is 11. The summed E-state index contributed by atoms with van der Waals surface area (Å²) >= 11 is 0.460. The number of hydrogen-bond donors (Lipinski definition) is 4. The molecule has 0 unspecified atom stereocenters. The van der Waals surface area contributed by atoms with E-state index in [1.807, 2.05) is 0 Å². The summed E-state index contributed by atoms with van der Waals surface area (Å²) in [6.45, 7) is -2.25. The molecule has 0 amide bonds. The fraction of sp³-hybridized carbons (Fsp3) is 0.714. The van der Waals surface area contributed by atoms with Crippen molar-refractivity contribution in [3.63, 3.8) is 0 Å². The Morgan fingerprint density at radius 3 is 0.846 bits per heavy atom. The van der Waals surface area contributed by atoms with Crippen LogP contribution in [0.2, 0.25) is 19.8 Å². The fourth-order valence-corrected chi connectivity index (χ4v) is 1.48. The van der Waals surface area contributed by atoms with Gasteiger partial charge in [0.2, 0.25) is 0 Å². The zero-order chi connectivity index (χ0) is 21.1. The van der Waals surface area contributed by atoms with Crippen LogP contribution in [0.1, 0.15) is 0 Å². The molecule has 10 nitrogen and oxygen atoms in total. The maximum absolute atomic E-state index is 10.6. The molecule has 26 heavy (non-hydrogen) atoms. The Balaban J connectivity index is -0.000000768. The van der Waals surface area contributed by atoms with Gasteiger partial charge in [0.05, 0.1) is 26.2 Å². The Kier molecular flexibility index (Phi) is 24.0. The number of hydrogen-bond acceptors (Lipinski definition) is 6. The molecule has 4 radical (unpaired) electrons.